The zero-order valence-electron chi connectivity index (χ0n) is 14.8. The molecule has 0 saturated carbocycles. The molecule has 2 aliphatic heterocycles. The van der Waals surface area contributed by atoms with Crippen molar-refractivity contribution in [1.29, 1.82) is 0 Å². The molecule has 1 aromatic carbocycles. The van der Waals surface area contributed by atoms with E-state index in [4.69, 9.17) is 14.2 Å². The van der Waals surface area contributed by atoms with Crippen molar-refractivity contribution in [1.82, 2.24) is 0 Å². The molecule has 2 saturated heterocycles. The topological polar surface area (TPSA) is 34.3 Å². The Morgan fingerprint density at radius 2 is 1.54 bits per heavy atom. The van der Waals surface area contributed by atoms with E-state index in [1.54, 1.807) is 0 Å². The second-order valence-electron chi connectivity index (χ2n) is 7.26. The molecule has 3 rings (SSSR count). The van der Waals surface area contributed by atoms with E-state index in [0.717, 1.165) is 26.2 Å². The van der Waals surface area contributed by atoms with Gasteiger partial charge in [0.15, 0.2) is 0 Å². The van der Waals surface area contributed by atoms with Gasteiger partial charge < -0.3 is 14.2 Å². The summed E-state index contributed by atoms with van der Waals surface area (Å²) < 4.78 is 16.8. The Hall–Kier alpha value is -0.900. The fraction of sp³-hybridized carbons (Fsp3) is 0.714. The van der Waals surface area contributed by atoms with Gasteiger partial charge in [-0.25, -0.2) is 0 Å². The number of ether oxygens (including phenoxy) is 3. The number of hydrogen-bond acceptors (Lipinski definition) is 3. The largest absolute Gasteiger partial charge is 0.373 e. The molecule has 0 spiro atoms. The SMILES string of the molecule is c1ccc(COC(CCCCCCCCC2CO2)CC2CO2)cc1. The molecule has 2 aliphatic rings. The van der Waals surface area contributed by atoms with Crippen LogP contribution in [0.5, 0.6) is 0 Å². The highest BCUT2D eigenvalue weighted by atomic mass is 16.6. The number of epoxide rings is 2. The summed E-state index contributed by atoms with van der Waals surface area (Å²) in [6.45, 7) is 2.66. The van der Waals surface area contributed by atoms with Crippen LogP contribution in [0.1, 0.15) is 63.4 Å². The van der Waals surface area contributed by atoms with Crippen LogP contribution in [0, 0.1) is 0 Å². The maximum absolute atomic E-state index is 6.16. The van der Waals surface area contributed by atoms with Crippen LogP contribution in [-0.2, 0) is 20.8 Å². The minimum absolute atomic E-state index is 0.352. The predicted molar refractivity (Wildman–Crippen MR) is 96.1 cm³/mol. The summed E-state index contributed by atoms with van der Waals surface area (Å²) in [6, 6.07) is 10.5. The van der Waals surface area contributed by atoms with Gasteiger partial charge in [-0.05, 0) is 18.4 Å². The summed E-state index contributed by atoms with van der Waals surface area (Å²) in [5, 5.41) is 0. The molecule has 0 aromatic heterocycles. The van der Waals surface area contributed by atoms with Gasteiger partial charge in [0.05, 0.1) is 38.1 Å². The van der Waals surface area contributed by atoms with Crippen molar-refractivity contribution in [3.05, 3.63) is 35.9 Å². The third-order valence-corrected chi connectivity index (χ3v) is 4.96. The number of hydrogen-bond donors (Lipinski definition) is 0. The summed E-state index contributed by atoms with van der Waals surface area (Å²) in [5.41, 5.74) is 1.26. The van der Waals surface area contributed by atoms with Crippen LogP contribution in [0.15, 0.2) is 30.3 Å². The Bertz CT molecular complexity index is 440. The smallest absolute Gasteiger partial charge is 0.0834 e. The molecule has 3 unspecified atom stereocenters. The minimum Gasteiger partial charge on any atom is -0.373 e. The molecule has 1 aromatic rings. The highest BCUT2D eigenvalue weighted by Crippen LogP contribution is 2.23. The normalized spacial score (nSPS) is 23.2. The molecule has 0 bridgehead atoms. The van der Waals surface area contributed by atoms with Crippen LogP contribution in [0.4, 0.5) is 0 Å². The number of rotatable bonds is 14. The van der Waals surface area contributed by atoms with E-state index < -0.39 is 0 Å². The Morgan fingerprint density at radius 3 is 2.25 bits per heavy atom. The molecule has 0 radical (unpaired) electrons. The lowest BCUT2D eigenvalue weighted by atomic mass is 10.0. The molecular formula is C21H32O3. The summed E-state index contributed by atoms with van der Waals surface area (Å²) in [7, 11) is 0. The molecule has 0 aliphatic carbocycles. The van der Waals surface area contributed by atoms with Gasteiger partial charge in [0, 0.05) is 6.42 Å². The predicted octanol–water partition coefficient (Wildman–Crippen LogP) is 4.88. The van der Waals surface area contributed by atoms with Crippen molar-refractivity contribution < 1.29 is 14.2 Å². The lowest BCUT2D eigenvalue weighted by Gasteiger charge is -2.17. The van der Waals surface area contributed by atoms with Crippen molar-refractivity contribution >= 4 is 0 Å². The number of benzene rings is 1. The molecule has 2 fully saturated rings. The van der Waals surface area contributed by atoms with Gasteiger partial charge in [0.1, 0.15) is 0 Å². The summed E-state index contributed by atoms with van der Waals surface area (Å²) in [6.07, 6.45) is 13.0. The quantitative estimate of drug-likeness (QED) is 0.360. The second-order valence-corrected chi connectivity index (χ2v) is 7.26. The Kier molecular flexibility index (Phi) is 7.59. The fourth-order valence-electron chi connectivity index (χ4n) is 3.24. The third kappa shape index (κ3) is 7.78. The molecule has 134 valence electrons. The van der Waals surface area contributed by atoms with E-state index in [9.17, 15) is 0 Å². The zero-order valence-corrected chi connectivity index (χ0v) is 14.8. The van der Waals surface area contributed by atoms with Gasteiger partial charge >= 0.3 is 0 Å². The average Bonchev–Trinajstić information content (AvgIpc) is 3.51. The number of unbranched alkanes of at least 4 members (excludes halogenated alkanes) is 5. The van der Waals surface area contributed by atoms with Crippen LogP contribution >= 0.6 is 0 Å². The van der Waals surface area contributed by atoms with Crippen LogP contribution in [0.2, 0.25) is 0 Å². The first-order chi connectivity index (χ1) is 11.9. The molecule has 3 heteroatoms. The van der Waals surface area contributed by atoms with Crippen LogP contribution in [-0.4, -0.2) is 31.5 Å². The van der Waals surface area contributed by atoms with Gasteiger partial charge in [-0.2, -0.15) is 0 Å². The molecule has 3 nitrogen and oxygen atoms in total. The summed E-state index contributed by atoms with van der Waals surface area (Å²) >= 11 is 0. The van der Waals surface area contributed by atoms with E-state index in [1.807, 2.05) is 0 Å². The first-order valence-electron chi connectivity index (χ1n) is 9.79. The fourth-order valence-corrected chi connectivity index (χ4v) is 3.24. The first-order valence-corrected chi connectivity index (χ1v) is 9.79. The highest BCUT2D eigenvalue weighted by molar-refractivity contribution is 5.13. The van der Waals surface area contributed by atoms with Crippen molar-refractivity contribution in [3.8, 4) is 0 Å². The first kappa shape index (κ1) is 17.9. The van der Waals surface area contributed by atoms with Crippen LogP contribution in [0.25, 0.3) is 0 Å². The van der Waals surface area contributed by atoms with Crippen molar-refractivity contribution in [3.63, 3.8) is 0 Å². The van der Waals surface area contributed by atoms with Crippen molar-refractivity contribution in [2.75, 3.05) is 13.2 Å². The van der Waals surface area contributed by atoms with E-state index in [2.05, 4.69) is 30.3 Å². The second kappa shape index (κ2) is 10.2. The molecule has 0 N–H and O–H groups in total. The lowest BCUT2D eigenvalue weighted by molar-refractivity contribution is 0.0231. The zero-order chi connectivity index (χ0) is 16.5. The minimum atomic E-state index is 0.352. The third-order valence-electron chi connectivity index (χ3n) is 4.96. The van der Waals surface area contributed by atoms with E-state index >= 15 is 0 Å². The van der Waals surface area contributed by atoms with Crippen LogP contribution in [0.3, 0.4) is 0 Å². The van der Waals surface area contributed by atoms with Gasteiger partial charge in [0.2, 0.25) is 0 Å². The lowest BCUT2D eigenvalue weighted by Crippen LogP contribution is -2.15. The van der Waals surface area contributed by atoms with E-state index in [0.29, 0.717) is 18.3 Å². The summed E-state index contributed by atoms with van der Waals surface area (Å²) in [5.74, 6) is 0. The van der Waals surface area contributed by atoms with E-state index in [-0.39, 0.29) is 0 Å². The Balaban J connectivity index is 1.23. The van der Waals surface area contributed by atoms with E-state index in [1.165, 1.54) is 56.9 Å². The molecule has 2 heterocycles. The van der Waals surface area contributed by atoms with Crippen molar-refractivity contribution in [2.24, 2.45) is 0 Å². The average molecular weight is 332 g/mol. The van der Waals surface area contributed by atoms with Gasteiger partial charge in [0.25, 0.3) is 0 Å². The monoisotopic (exact) mass is 332 g/mol. The Labute approximate surface area is 146 Å². The highest BCUT2D eigenvalue weighted by Gasteiger charge is 2.27. The molecular weight excluding hydrogens is 300 g/mol. The maximum Gasteiger partial charge on any atom is 0.0834 e. The van der Waals surface area contributed by atoms with Gasteiger partial charge in [-0.3, -0.25) is 0 Å². The maximum atomic E-state index is 6.16. The standard InChI is InChI=1S/C21H32O3/c1(2-4-9-13-20-16-23-20)3-8-12-19(14-21-17-24-21)22-15-18-10-6-5-7-11-18/h5-7,10-11,19-21H,1-4,8-9,12-17H2. The van der Waals surface area contributed by atoms with Crippen LogP contribution < -0.4 is 0 Å². The van der Waals surface area contributed by atoms with Gasteiger partial charge in [-0.1, -0.05) is 68.9 Å². The summed E-state index contributed by atoms with van der Waals surface area (Å²) in [4.78, 5) is 0. The molecule has 3 atom stereocenters. The van der Waals surface area contributed by atoms with Gasteiger partial charge in [-0.15, -0.1) is 0 Å². The molecule has 24 heavy (non-hydrogen) atoms. The van der Waals surface area contributed by atoms with Crippen molar-refractivity contribution in [2.45, 2.75) is 82.7 Å². The Morgan fingerprint density at radius 1 is 0.875 bits per heavy atom. The molecule has 0 amide bonds.